The molecule has 0 saturated heterocycles. The van der Waals surface area contributed by atoms with Crippen molar-refractivity contribution < 1.29 is 14.4 Å². The Labute approximate surface area is 196 Å². The molecule has 1 N–H and O–H groups in total. The summed E-state index contributed by atoms with van der Waals surface area (Å²) in [5, 5.41) is 2.91. The Balaban J connectivity index is 1.50. The Morgan fingerprint density at radius 2 is 1.35 bits per heavy atom. The zero-order valence-corrected chi connectivity index (χ0v) is 18.7. The molecule has 5 rings (SSSR count). The first kappa shape index (κ1) is 21.5. The van der Waals surface area contributed by atoms with Gasteiger partial charge in [0.1, 0.15) is 11.9 Å². The maximum Gasteiger partial charge on any atom is 0.262 e. The molecule has 2 aliphatic heterocycles. The molecule has 0 spiro atoms. The lowest BCUT2D eigenvalue weighted by Crippen LogP contribution is -2.50. The lowest BCUT2D eigenvalue weighted by atomic mass is 9.93. The normalized spacial score (nSPS) is 17.8. The second kappa shape index (κ2) is 8.51. The molecule has 7 heteroatoms. The van der Waals surface area contributed by atoms with Crippen LogP contribution in [0, 0.1) is 0 Å². The predicted molar refractivity (Wildman–Crippen MR) is 130 cm³/mol. The van der Waals surface area contributed by atoms with Gasteiger partial charge >= 0.3 is 0 Å². The average Bonchev–Trinajstić information content (AvgIpc) is 3.01. The number of carbonyl (C=O) groups excluding carboxylic acids is 3. The molecule has 0 aromatic heterocycles. The molecule has 3 aromatic rings. The fourth-order valence-electron chi connectivity index (χ4n) is 4.35. The largest absolute Gasteiger partial charge is 0.312 e. The van der Waals surface area contributed by atoms with Gasteiger partial charge < -0.3 is 5.32 Å². The van der Waals surface area contributed by atoms with Gasteiger partial charge in [-0.25, -0.2) is 4.99 Å². The summed E-state index contributed by atoms with van der Waals surface area (Å²) in [5.41, 5.74) is 3.63. The van der Waals surface area contributed by atoms with Gasteiger partial charge in [-0.2, -0.15) is 0 Å². The molecular weight excluding hydrogens is 428 g/mol. The molecule has 7 nitrogen and oxygen atoms in total. The Kier molecular flexibility index (Phi) is 5.37. The monoisotopic (exact) mass is 450 g/mol. The van der Waals surface area contributed by atoms with Gasteiger partial charge in [-0.1, -0.05) is 54.6 Å². The highest BCUT2D eigenvalue weighted by Crippen LogP contribution is 2.34. The highest BCUT2D eigenvalue weighted by molar-refractivity contribution is 6.24. The van der Waals surface area contributed by atoms with Gasteiger partial charge in [0.05, 0.1) is 28.4 Å². The van der Waals surface area contributed by atoms with Crippen molar-refractivity contribution in [3.63, 3.8) is 0 Å². The fraction of sp³-hybridized carbons (Fsp3) is 0.148. The number of nitrogens with zero attached hydrogens (tertiary/aromatic N) is 3. The topological polar surface area (TPSA) is 91.2 Å². The van der Waals surface area contributed by atoms with Gasteiger partial charge in [-0.15, -0.1) is 0 Å². The summed E-state index contributed by atoms with van der Waals surface area (Å²) in [6.45, 7) is 3.44. The van der Waals surface area contributed by atoms with Crippen LogP contribution in [0.25, 0.3) is 0 Å². The van der Waals surface area contributed by atoms with E-state index in [4.69, 9.17) is 9.98 Å². The van der Waals surface area contributed by atoms with Crippen molar-refractivity contribution in [1.29, 1.82) is 0 Å². The molecule has 2 atom stereocenters. The number of amidine groups is 1. The van der Waals surface area contributed by atoms with Crippen LogP contribution in [-0.2, 0) is 4.79 Å². The minimum Gasteiger partial charge on any atom is -0.312 e. The number of nitrogens with one attached hydrogen (secondary N) is 1. The molecule has 0 unspecified atom stereocenters. The molecule has 0 saturated carbocycles. The van der Waals surface area contributed by atoms with Crippen LogP contribution < -0.4 is 5.32 Å². The van der Waals surface area contributed by atoms with Gasteiger partial charge in [0, 0.05) is 5.71 Å². The number of para-hydroxylation sites is 2. The Morgan fingerprint density at radius 1 is 0.824 bits per heavy atom. The van der Waals surface area contributed by atoms with E-state index >= 15 is 0 Å². The minimum absolute atomic E-state index is 0.304. The second-order valence-electron chi connectivity index (χ2n) is 8.27. The standard InChI is InChI=1S/C27H22N4O3/c1-16-23(18-10-4-3-5-11-18)24(29-22-15-9-8-14-21(22)28-16)30-25(32)17(2)31-26(33)19-12-6-7-13-20(19)27(31)34/h3-15,17,23H,1-2H3,(H,29,30,32)/t17-,23-/m1/s1. The van der Waals surface area contributed by atoms with E-state index in [0.717, 1.165) is 16.2 Å². The SMILES string of the molecule is CC1=Nc2ccccc2N=C(NC(=O)[C@@H](C)N2C(=O)c3ccccc3C2=O)[C@H]1c1ccccc1. The third kappa shape index (κ3) is 3.61. The van der Waals surface area contributed by atoms with Crippen molar-refractivity contribution in [3.05, 3.63) is 95.6 Å². The van der Waals surface area contributed by atoms with Crippen LogP contribution in [0.1, 0.15) is 46.0 Å². The van der Waals surface area contributed by atoms with Crippen LogP contribution >= 0.6 is 0 Å². The molecule has 3 amide bonds. The Bertz CT molecular complexity index is 1340. The number of benzene rings is 3. The van der Waals surface area contributed by atoms with Crippen molar-refractivity contribution in [2.24, 2.45) is 9.98 Å². The van der Waals surface area contributed by atoms with E-state index in [-0.39, 0.29) is 0 Å². The summed E-state index contributed by atoms with van der Waals surface area (Å²) in [4.78, 5) is 49.6. The van der Waals surface area contributed by atoms with Crippen LogP contribution in [0.15, 0.2) is 88.8 Å². The summed E-state index contributed by atoms with van der Waals surface area (Å²) < 4.78 is 0. The molecular formula is C27H22N4O3. The summed E-state index contributed by atoms with van der Waals surface area (Å²) in [7, 11) is 0. The fourth-order valence-corrected chi connectivity index (χ4v) is 4.35. The third-order valence-corrected chi connectivity index (χ3v) is 6.09. The zero-order valence-electron chi connectivity index (χ0n) is 18.7. The number of carbonyl (C=O) groups is 3. The van der Waals surface area contributed by atoms with Crippen molar-refractivity contribution in [2.75, 3.05) is 0 Å². The highest BCUT2D eigenvalue weighted by atomic mass is 16.2. The van der Waals surface area contributed by atoms with Gasteiger partial charge in [0.25, 0.3) is 11.8 Å². The molecule has 34 heavy (non-hydrogen) atoms. The van der Waals surface area contributed by atoms with E-state index in [1.165, 1.54) is 0 Å². The molecule has 0 bridgehead atoms. The molecule has 0 aliphatic carbocycles. The van der Waals surface area contributed by atoms with Gasteiger partial charge in [-0.3, -0.25) is 24.3 Å². The predicted octanol–water partition coefficient (Wildman–Crippen LogP) is 4.41. The molecule has 3 aromatic carbocycles. The van der Waals surface area contributed by atoms with Crippen LogP contribution in [0.4, 0.5) is 11.4 Å². The number of aliphatic imine (C=N–C) groups is 2. The summed E-state index contributed by atoms with van der Waals surface area (Å²) in [6, 6.07) is 22.7. The molecule has 0 radical (unpaired) electrons. The van der Waals surface area contributed by atoms with E-state index < -0.39 is 29.7 Å². The number of hydrogen-bond donors (Lipinski definition) is 1. The Morgan fingerprint density at radius 3 is 1.97 bits per heavy atom. The number of amides is 3. The summed E-state index contributed by atoms with van der Waals surface area (Å²) >= 11 is 0. The molecule has 2 heterocycles. The van der Waals surface area contributed by atoms with Crippen LogP contribution in [0.2, 0.25) is 0 Å². The van der Waals surface area contributed by atoms with Crippen LogP contribution in [0.5, 0.6) is 0 Å². The van der Waals surface area contributed by atoms with Crippen molar-refractivity contribution in [3.8, 4) is 0 Å². The number of rotatable bonds is 3. The van der Waals surface area contributed by atoms with Gasteiger partial charge in [0.15, 0.2) is 0 Å². The molecule has 168 valence electrons. The quantitative estimate of drug-likeness (QED) is 0.600. The maximum atomic E-state index is 13.4. The minimum atomic E-state index is -1.03. The van der Waals surface area contributed by atoms with E-state index in [1.54, 1.807) is 31.2 Å². The summed E-state index contributed by atoms with van der Waals surface area (Å²) in [6.07, 6.45) is 0. The van der Waals surface area contributed by atoms with E-state index in [0.29, 0.717) is 28.3 Å². The highest BCUT2D eigenvalue weighted by Gasteiger charge is 2.41. The summed E-state index contributed by atoms with van der Waals surface area (Å²) in [5.74, 6) is -1.46. The molecule has 2 aliphatic rings. The lowest BCUT2D eigenvalue weighted by Gasteiger charge is -2.24. The first-order chi connectivity index (χ1) is 16.5. The first-order valence-electron chi connectivity index (χ1n) is 11.0. The van der Waals surface area contributed by atoms with E-state index in [2.05, 4.69) is 5.32 Å². The average molecular weight is 450 g/mol. The van der Waals surface area contributed by atoms with Crippen molar-refractivity contribution >= 4 is 40.6 Å². The van der Waals surface area contributed by atoms with Crippen molar-refractivity contribution in [1.82, 2.24) is 10.2 Å². The van der Waals surface area contributed by atoms with E-state index in [1.807, 2.05) is 61.5 Å². The van der Waals surface area contributed by atoms with Gasteiger partial charge in [0.2, 0.25) is 5.91 Å². The Hall–Kier alpha value is -4.39. The number of imide groups is 1. The van der Waals surface area contributed by atoms with Gasteiger partial charge in [-0.05, 0) is 43.7 Å². The van der Waals surface area contributed by atoms with E-state index in [9.17, 15) is 14.4 Å². The molecule has 0 fully saturated rings. The maximum absolute atomic E-state index is 13.4. The van der Waals surface area contributed by atoms with Crippen LogP contribution in [-0.4, -0.2) is 40.2 Å². The zero-order chi connectivity index (χ0) is 23.8. The number of fused-ring (bicyclic) bond motifs is 2. The van der Waals surface area contributed by atoms with Crippen LogP contribution in [0.3, 0.4) is 0 Å². The third-order valence-electron chi connectivity index (χ3n) is 6.09. The van der Waals surface area contributed by atoms with Crippen molar-refractivity contribution in [2.45, 2.75) is 25.8 Å². The first-order valence-corrected chi connectivity index (χ1v) is 11.0. The second-order valence-corrected chi connectivity index (χ2v) is 8.27. The smallest absolute Gasteiger partial charge is 0.262 e. The lowest BCUT2D eigenvalue weighted by molar-refractivity contribution is -0.123. The number of hydrogen-bond acceptors (Lipinski definition) is 5.